The molecule has 2 atom stereocenters. The van der Waals surface area contributed by atoms with Crippen LogP contribution >= 0.6 is 47.5 Å². The molecule has 2 aliphatic heterocycles. The number of hydrogen-bond acceptors (Lipinski definition) is 6. The SMILES string of the molecule is Cl.Cl.O=C(Nc1nc(CC(=O)N2CC[C@@H]3CNC[C@@H]3CC2)cs1)c1cccs1. The molecule has 2 aromatic heterocycles. The monoisotopic (exact) mass is 462 g/mol. The standard InChI is InChI=1S/C18H22N4O2S2.2ClH/c23-16(22-5-3-12-9-19-10-13(12)4-6-22)8-14-11-26-18(20-14)21-17(24)15-2-1-7-25-15;;/h1-2,7,11-13,19H,3-6,8-10H2,(H,20,21,24);2*1H/t12-,13+;;. The quantitative estimate of drug-likeness (QED) is 0.730. The van der Waals surface area contributed by atoms with Crippen molar-refractivity contribution < 1.29 is 9.59 Å². The Morgan fingerprint density at radius 1 is 1.18 bits per heavy atom. The molecule has 0 bridgehead atoms. The number of hydrogen-bond donors (Lipinski definition) is 2. The van der Waals surface area contributed by atoms with Gasteiger partial charge in [-0.2, -0.15) is 0 Å². The zero-order chi connectivity index (χ0) is 17.9. The zero-order valence-electron chi connectivity index (χ0n) is 15.3. The van der Waals surface area contributed by atoms with E-state index in [4.69, 9.17) is 0 Å². The molecule has 0 radical (unpaired) electrons. The van der Waals surface area contributed by atoms with E-state index in [1.165, 1.54) is 22.7 Å². The Morgan fingerprint density at radius 2 is 1.89 bits per heavy atom. The van der Waals surface area contributed by atoms with Crippen LogP contribution in [0.4, 0.5) is 5.13 Å². The number of aromatic nitrogens is 1. The first-order valence-electron chi connectivity index (χ1n) is 8.97. The molecular formula is C18H24Cl2N4O2S2. The number of carbonyl (C=O) groups is 2. The number of nitrogens with zero attached hydrogens (tertiary/aromatic N) is 2. The molecule has 0 aromatic carbocycles. The Balaban J connectivity index is 0.00000140. The van der Waals surface area contributed by atoms with E-state index >= 15 is 0 Å². The summed E-state index contributed by atoms with van der Waals surface area (Å²) in [7, 11) is 0. The molecule has 2 amide bonds. The lowest BCUT2D eigenvalue weighted by Crippen LogP contribution is -2.34. The highest BCUT2D eigenvalue weighted by Gasteiger charge is 2.31. The molecule has 2 aliphatic rings. The first-order chi connectivity index (χ1) is 12.7. The minimum absolute atomic E-state index is 0. The molecule has 0 unspecified atom stereocenters. The van der Waals surface area contributed by atoms with Gasteiger partial charge in [0.25, 0.3) is 5.91 Å². The van der Waals surface area contributed by atoms with Gasteiger partial charge in [0, 0.05) is 18.5 Å². The summed E-state index contributed by atoms with van der Waals surface area (Å²) < 4.78 is 0. The third-order valence-electron chi connectivity index (χ3n) is 5.22. The first-order valence-corrected chi connectivity index (χ1v) is 10.7. The van der Waals surface area contributed by atoms with Gasteiger partial charge in [-0.1, -0.05) is 6.07 Å². The van der Waals surface area contributed by atoms with Crippen molar-refractivity contribution >= 4 is 64.4 Å². The number of rotatable bonds is 4. The second-order valence-corrected chi connectivity index (χ2v) is 8.69. The number of halogens is 2. The highest BCUT2D eigenvalue weighted by molar-refractivity contribution is 7.14. The van der Waals surface area contributed by atoms with Gasteiger partial charge >= 0.3 is 0 Å². The molecule has 28 heavy (non-hydrogen) atoms. The average molecular weight is 463 g/mol. The molecule has 4 rings (SSSR count). The number of fused-ring (bicyclic) bond motifs is 1. The zero-order valence-corrected chi connectivity index (χ0v) is 18.5. The summed E-state index contributed by atoms with van der Waals surface area (Å²) >= 11 is 2.76. The van der Waals surface area contributed by atoms with E-state index in [0.29, 0.717) is 28.3 Å². The largest absolute Gasteiger partial charge is 0.342 e. The van der Waals surface area contributed by atoms with Gasteiger partial charge in [0.15, 0.2) is 5.13 Å². The van der Waals surface area contributed by atoms with Gasteiger partial charge in [0.05, 0.1) is 17.0 Å². The maximum Gasteiger partial charge on any atom is 0.267 e. The van der Waals surface area contributed by atoms with Crippen LogP contribution in [-0.4, -0.2) is 47.9 Å². The van der Waals surface area contributed by atoms with Crippen LogP contribution in [-0.2, 0) is 11.2 Å². The van der Waals surface area contributed by atoms with Crippen molar-refractivity contribution in [2.75, 3.05) is 31.5 Å². The lowest BCUT2D eigenvalue weighted by Gasteiger charge is -2.20. The number of nitrogens with one attached hydrogen (secondary N) is 2. The molecule has 2 saturated heterocycles. The second kappa shape index (κ2) is 10.5. The molecule has 4 heterocycles. The Bertz CT molecular complexity index is 770. The summed E-state index contributed by atoms with van der Waals surface area (Å²) in [6.45, 7) is 3.86. The Kier molecular flexibility index (Phi) is 8.70. The molecular weight excluding hydrogens is 439 g/mol. The van der Waals surface area contributed by atoms with Gasteiger partial charge in [0.1, 0.15) is 0 Å². The summed E-state index contributed by atoms with van der Waals surface area (Å²) in [6, 6.07) is 3.62. The van der Waals surface area contributed by atoms with E-state index < -0.39 is 0 Å². The summed E-state index contributed by atoms with van der Waals surface area (Å²) in [6.07, 6.45) is 2.48. The number of likely N-dealkylation sites (tertiary alicyclic amines) is 1. The Labute approximate surface area is 184 Å². The molecule has 2 N–H and O–H groups in total. The predicted molar refractivity (Wildman–Crippen MR) is 118 cm³/mol. The van der Waals surface area contributed by atoms with Gasteiger partial charge < -0.3 is 10.2 Å². The average Bonchev–Trinajstić information content (AvgIpc) is 3.36. The Hall–Kier alpha value is -1.19. The van der Waals surface area contributed by atoms with Crippen LogP contribution in [0.25, 0.3) is 0 Å². The molecule has 10 heteroatoms. The summed E-state index contributed by atoms with van der Waals surface area (Å²) in [5.41, 5.74) is 0.729. The highest BCUT2D eigenvalue weighted by atomic mass is 35.5. The van der Waals surface area contributed by atoms with Crippen LogP contribution < -0.4 is 10.6 Å². The van der Waals surface area contributed by atoms with E-state index in [1.54, 1.807) is 6.07 Å². The minimum atomic E-state index is -0.153. The third-order valence-corrected chi connectivity index (χ3v) is 6.90. The fourth-order valence-electron chi connectivity index (χ4n) is 3.75. The Morgan fingerprint density at radius 3 is 2.54 bits per heavy atom. The predicted octanol–water partition coefficient (Wildman–Crippen LogP) is 3.30. The number of amides is 2. The first kappa shape index (κ1) is 23.1. The lowest BCUT2D eigenvalue weighted by atomic mass is 9.92. The third kappa shape index (κ3) is 5.45. The maximum atomic E-state index is 12.6. The van der Waals surface area contributed by atoms with E-state index in [2.05, 4.69) is 15.6 Å². The molecule has 2 aromatic rings. The minimum Gasteiger partial charge on any atom is -0.342 e. The molecule has 6 nitrogen and oxygen atoms in total. The smallest absolute Gasteiger partial charge is 0.267 e. The molecule has 0 aliphatic carbocycles. The van der Waals surface area contributed by atoms with Crippen LogP contribution in [0.1, 0.15) is 28.2 Å². The van der Waals surface area contributed by atoms with Crippen LogP contribution in [0.2, 0.25) is 0 Å². The van der Waals surface area contributed by atoms with Crippen LogP contribution in [0.15, 0.2) is 22.9 Å². The normalized spacial score (nSPS) is 21.1. The van der Waals surface area contributed by atoms with E-state index in [-0.39, 0.29) is 36.6 Å². The number of thiophene rings is 1. The van der Waals surface area contributed by atoms with Gasteiger partial charge in [-0.05, 0) is 49.2 Å². The van der Waals surface area contributed by atoms with Gasteiger partial charge in [0.2, 0.25) is 5.91 Å². The van der Waals surface area contributed by atoms with E-state index in [0.717, 1.165) is 44.7 Å². The van der Waals surface area contributed by atoms with Crippen molar-refractivity contribution in [2.45, 2.75) is 19.3 Å². The molecule has 0 spiro atoms. The fraction of sp³-hybridized carbons (Fsp3) is 0.500. The van der Waals surface area contributed by atoms with Crippen molar-refractivity contribution in [3.8, 4) is 0 Å². The van der Waals surface area contributed by atoms with Crippen LogP contribution in [0, 0.1) is 11.8 Å². The van der Waals surface area contributed by atoms with E-state index in [9.17, 15) is 9.59 Å². The van der Waals surface area contributed by atoms with Gasteiger partial charge in [-0.15, -0.1) is 47.5 Å². The number of carbonyl (C=O) groups excluding carboxylic acids is 2. The van der Waals surface area contributed by atoms with Crippen molar-refractivity contribution in [1.82, 2.24) is 15.2 Å². The molecule has 2 fully saturated rings. The summed E-state index contributed by atoms with van der Waals surface area (Å²) in [5.74, 6) is 1.41. The van der Waals surface area contributed by atoms with Crippen molar-refractivity contribution in [2.24, 2.45) is 11.8 Å². The number of anilines is 1. The maximum absolute atomic E-state index is 12.6. The van der Waals surface area contributed by atoms with Gasteiger partial charge in [-0.3, -0.25) is 14.9 Å². The van der Waals surface area contributed by atoms with Crippen molar-refractivity contribution in [1.29, 1.82) is 0 Å². The fourth-order valence-corrected chi connectivity index (χ4v) is 5.07. The van der Waals surface area contributed by atoms with Crippen molar-refractivity contribution in [3.63, 3.8) is 0 Å². The number of thiazole rings is 1. The van der Waals surface area contributed by atoms with Crippen molar-refractivity contribution in [3.05, 3.63) is 33.5 Å². The van der Waals surface area contributed by atoms with E-state index in [1.807, 2.05) is 21.7 Å². The molecule has 0 saturated carbocycles. The summed E-state index contributed by atoms with van der Waals surface area (Å²) in [5, 5.41) is 10.5. The van der Waals surface area contributed by atoms with Crippen LogP contribution in [0.3, 0.4) is 0 Å². The second-order valence-electron chi connectivity index (χ2n) is 6.89. The topological polar surface area (TPSA) is 74.3 Å². The van der Waals surface area contributed by atoms with Crippen LogP contribution in [0.5, 0.6) is 0 Å². The molecule has 154 valence electrons. The summed E-state index contributed by atoms with van der Waals surface area (Å²) in [4.78, 5) is 31.8. The highest BCUT2D eigenvalue weighted by Crippen LogP contribution is 2.27. The lowest BCUT2D eigenvalue weighted by molar-refractivity contribution is -0.130. The van der Waals surface area contributed by atoms with Gasteiger partial charge in [-0.25, -0.2) is 4.98 Å².